The standard InChI is InChI=1S/C8H14BN2OP.C8H13BNO2P.C6H11BNO2P/c1-9(13)11-4-7-6(2-3-10-7)8(12)5-11;1-9(13)10-4-7(11)6-2-3-12-8(6)5-10;1-7(11)8-3-5(9)2-6(10)4-8/h2-3,6-7,10H,4-5,13H2,1H3;2-3,6,8H,4-5,13H2,1H3;2-4,11H2,1H3. The van der Waals surface area contributed by atoms with E-state index in [1.54, 1.807) is 6.26 Å². The molecule has 0 aromatic rings. The molecular weight excluding hydrogens is 526 g/mol. The molecule has 0 saturated carbocycles. The molecule has 3 fully saturated rings. The summed E-state index contributed by atoms with van der Waals surface area (Å²) >= 11 is 0. The Balaban J connectivity index is 0.000000155. The van der Waals surface area contributed by atoms with Crippen molar-refractivity contribution in [3.05, 3.63) is 24.6 Å². The molecule has 0 bridgehead atoms. The molecule has 5 aliphatic rings. The van der Waals surface area contributed by atoms with Gasteiger partial charge in [0.15, 0.2) is 23.1 Å². The van der Waals surface area contributed by atoms with E-state index in [1.807, 2.05) is 30.0 Å². The molecule has 3 saturated heterocycles. The molecule has 5 aliphatic heterocycles. The molecule has 5 rings (SSSR count). The number of fused-ring (bicyclic) bond motifs is 2. The van der Waals surface area contributed by atoms with E-state index in [4.69, 9.17) is 4.74 Å². The van der Waals surface area contributed by atoms with Gasteiger partial charge in [0.25, 0.3) is 0 Å². The van der Waals surface area contributed by atoms with Crippen LogP contribution in [0.25, 0.3) is 0 Å². The fourth-order valence-electron chi connectivity index (χ4n) is 4.90. The van der Waals surface area contributed by atoms with Crippen LogP contribution >= 0.6 is 27.4 Å². The Morgan fingerprint density at radius 1 is 0.784 bits per heavy atom. The first-order valence-electron chi connectivity index (χ1n) is 12.8. The lowest BCUT2D eigenvalue weighted by Crippen LogP contribution is -2.54. The fraction of sp³-hybridized carbons (Fsp3) is 0.636. The number of hydrogen-bond donors (Lipinski definition) is 1. The van der Waals surface area contributed by atoms with Crippen LogP contribution in [0.1, 0.15) is 6.42 Å². The quantitative estimate of drug-likeness (QED) is 0.293. The van der Waals surface area contributed by atoms with E-state index in [0.717, 1.165) is 13.1 Å². The zero-order valence-electron chi connectivity index (χ0n) is 21.9. The number of hydrogen-bond acceptors (Lipinski definition) is 9. The molecule has 7 unspecified atom stereocenters. The Labute approximate surface area is 228 Å². The summed E-state index contributed by atoms with van der Waals surface area (Å²) in [4.78, 5) is 51.3. The molecule has 0 aromatic heterocycles. The van der Waals surface area contributed by atoms with E-state index in [2.05, 4.69) is 55.9 Å². The number of ether oxygens (including phenoxy) is 1. The summed E-state index contributed by atoms with van der Waals surface area (Å²) in [6.07, 6.45) is 7.61. The van der Waals surface area contributed by atoms with Gasteiger partial charge in [0.05, 0.1) is 30.6 Å². The number of rotatable bonds is 3. The van der Waals surface area contributed by atoms with Gasteiger partial charge in [0.1, 0.15) is 6.10 Å². The SMILES string of the molecule is CB(P)N1CC(=O)C2C=CNC2C1.CB(P)N1CC(=O)C2C=COC2C1.CB(P)N1CC(=O)CC(=O)C1. The van der Waals surface area contributed by atoms with Crippen LogP contribution in [-0.4, -0.2) is 109 Å². The van der Waals surface area contributed by atoms with Crippen LogP contribution in [0.15, 0.2) is 24.6 Å². The van der Waals surface area contributed by atoms with Crippen molar-refractivity contribution < 1.29 is 23.9 Å². The second-order valence-corrected chi connectivity index (χ2v) is 13.3. The number of piperidine rings is 3. The Kier molecular flexibility index (Phi) is 11.6. The predicted molar refractivity (Wildman–Crippen MR) is 160 cm³/mol. The van der Waals surface area contributed by atoms with E-state index in [-0.39, 0.29) is 48.3 Å². The van der Waals surface area contributed by atoms with Gasteiger partial charge in [-0.1, -0.05) is 26.5 Å². The molecule has 37 heavy (non-hydrogen) atoms. The van der Waals surface area contributed by atoms with Crippen LogP contribution in [0.2, 0.25) is 20.5 Å². The number of nitrogens with one attached hydrogen (secondary N) is 1. The van der Waals surface area contributed by atoms with Crippen LogP contribution in [0.3, 0.4) is 0 Å². The van der Waals surface area contributed by atoms with Gasteiger partial charge >= 0.3 is 0 Å². The molecule has 200 valence electrons. The lowest BCUT2D eigenvalue weighted by atomic mass is 9.84. The Morgan fingerprint density at radius 2 is 1.32 bits per heavy atom. The van der Waals surface area contributed by atoms with Gasteiger partial charge in [0, 0.05) is 39.3 Å². The van der Waals surface area contributed by atoms with Crippen LogP contribution in [-0.2, 0) is 23.9 Å². The summed E-state index contributed by atoms with van der Waals surface area (Å²) in [6.45, 7) is 10.9. The van der Waals surface area contributed by atoms with Crippen LogP contribution in [0.4, 0.5) is 0 Å². The van der Waals surface area contributed by atoms with Crippen LogP contribution in [0.5, 0.6) is 0 Å². The fourth-order valence-corrected chi connectivity index (χ4v) is 5.57. The highest BCUT2D eigenvalue weighted by Gasteiger charge is 2.39. The van der Waals surface area contributed by atoms with Gasteiger partial charge in [-0.05, 0) is 12.3 Å². The van der Waals surface area contributed by atoms with Gasteiger partial charge in [0.2, 0.25) is 19.7 Å². The summed E-state index contributed by atoms with van der Waals surface area (Å²) in [5.74, 6) is 0.831. The molecule has 9 nitrogen and oxygen atoms in total. The number of carbonyl (C=O) groups is 4. The number of carbonyl (C=O) groups excluding carboxylic acids is 4. The maximum absolute atomic E-state index is 11.6. The van der Waals surface area contributed by atoms with Crippen molar-refractivity contribution in [2.24, 2.45) is 11.8 Å². The van der Waals surface area contributed by atoms with E-state index in [9.17, 15) is 19.2 Å². The monoisotopic (exact) mass is 564 g/mol. The second kappa shape index (κ2) is 14.0. The third-order valence-electron chi connectivity index (χ3n) is 7.18. The maximum atomic E-state index is 11.6. The molecule has 5 heterocycles. The van der Waals surface area contributed by atoms with Crippen molar-refractivity contribution in [2.75, 3.05) is 39.3 Å². The molecule has 0 amide bonds. The molecule has 0 spiro atoms. The van der Waals surface area contributed by atoms with Crippen molar-refractivity contribution in [2.45, 2.75) is 39.0 Å². The first-order chi connectivity index (χ1) is 17.5. The summed E-state index contributed by atoms with van der Waals surface area (Å²) in [6, 6.07) is 0.309. The minimum Gasteiger partial charge on any atom is -0.496 e. The average molecular weight is 564 g/mol. The highest BCUT2D eigenvalue weighted by Crippen LogP contribution is 2.25. The second-order valence-electron chi connectivity index (χ2n) is 10.4. The summed E-state index contributed by atoms with van der Waals surface area (Å²) < 4.78 is 5.36. The van der Waals surface area contributed by atoms with Gasteiger partial charge in [-0.15, -0.1) is 0 Å². The molecule has 0 aromatic carbocycles. The van der Waals surface area contributed by atoms with Crippen molar-refractivity contribution in [3.63, 3.8) is 0 Å². The van der Waals surface area contributed by atoms with Crippen molar-refractivity contribution in [1.29, 1.82) is 0 Å². The lowest BCUT2D eigenvalue weighted by molar-refractivity contribution is -0.131. The van der Waals surface area contributed by atoms with Crippen molar-refractivity contribution in [3.8, 4) is 0 Å². The Hall–Kier alpha value is -0.875. The minimum atomic E-state index is 0.0139. The van der Waals surface area contributed by atoms with Gasteiger partial charge in [-0.3, -0.25) is 19.2 Å². The topological polar surface area (TPSA) is 99.3 Å². The number of nitrogens with zero attached hydrogens (tertiary/aromatic N) is 3. The molecule has 0 aliphatic carbocycles. The van der Waals surface area contributed by atoms with Gasteiger partial charge < -0.3 is 24.5 Å². The summed E-state index contributed by atoms with van der Waals surface area (Å²) in [5.41, 5.74) is 0. The van der Waals surface area contributed by atoms with Crippen molar-refractivity contribution >= 4 is 70.2 Å². The smallest absolute Gasteiger partial charge is 0.243 e. The third kappa shape index (κ3) is 8.55. The maximum Gasteiger partial charge on any atom is 0.243 e. The van der Waals surface area contributed by atoms with Gasteiger partial charge in [-0.25, -0.2) is 0 Å². The van der Waals surface area contributed by atoms with E-state index in [0.29, 0.717) is 51.1 Å². The van der Waals surface area contributed by atoms with E-state index < -0.39 is 0 Å². The number of Topliss-reactive ketones (excluding diaryl/α,β-unsaturated/α-hetero) is 4. The first kappa shape index (κ1) is 30.7. The first-order valence-corrected chi connectivity index (χ1v) is 14.8. The molecule has 15 heteroatoms. The molecule has 0 radical (unpaired) electrons. The lowest BCUT2D eigenvalue weighted by Gasteiger charge is -2.35. The normalized spacial score (nSPS) is 29.2. The van der Waals surface area contributed by atoms with Gasteiger partial charge in [-0.2, -0.15) is 27.4 Å². The number of ketones is 4. The Bertz CT molecular complexity index is 871. The summed E-state index contributed by atoms with van der Waals surface area (Å²) in [7, 11) is 8.02. The van der Waals surface area contributed by atoms with E-state index in [1.165, 1.54) is 0 Å². The average Bonchev–Trinajstić information content (AvgIpc) is 3.49. The third-order valence-corrected chi connectivity index (χ3v) is 8.44. The molecular formula is C22H38B3N4O5P3. The molecule has 1 N–H and O–H groups in total. The van der Waals surface area contributed by atoms with Crippen LogP contribution < -0.4 is 5.32 Å². The zero-order chi connectivity index (χ0) is 27.3. The predicted octanol–water partition coefficient (Wildman–Crippen LogP) is 0.182. The summed E-state index contributed by atoms with van der Waals surface area (Å²) in [5, 5.41) is 3.22. The van der Waals surface area contributed by atoms with E-state index >= 15 is 0 Å². The zero-order valence-corrected chi connectivity index (χ0v) is 25.4. The molecule has 7 atom stereocenters. The van der Waals surface area contributed by atoms with Crippen LogP contribution in [0, 0.1) is 11.8 Å². The Morgan fingerprint density at radius 3 is 1.89 bits per heavy atom. The van der Waals surface area contributed by atoms with Crippen molar-refractivity contribution in [1.82, 2.24) is 19.7 Å². The minimum absolute atomic E-state index is 0.0139. The highest BCUT2D eigenvalue weighted by molar-refractivity contribution is 7.61. The highest BCUT2D eigenvalue weighted by atomic mass is 31.0. The largest absolute Gasteiger partial charge is 0.496 e.